The van der Waals surface area contributed by atoms with Crippen molar-refractivity contribution in [2.45, 2.75) is 57.4 Å². The Kier molecular flexibility index (Phi) is 6.72. The molecule has 162 valence electrons. The van der Waals surface area contributed by atoms with Gasteiger partial charge in [-0.2, -0.15) is 0 Å². The molecule has 1 aromatic carbocycles. The second-order valence-electron chi connectivity index (χ2n) is 7.72. The standard InChI is InChI=1S/C21H27N3O5S/c1-14-4-6-17(7-5-14)19(25)8-9-20(26)24-12-10-18(11-13-24)23-30(27,28)21-15(2)22-29-16(21)3/h4-7,18,23H,8-13H2,1-3H3. The van der Waals surface area contributed by atoms with Crippen molar-refractivity contribution in [2.75, 3.05) is 13.1 Å². The summed E-state index contributed by atoms with van der Waals surface area (Å²) >= 11 is 0. The van der Waals surface area contributed by atoms with Gasteiger partial charge in [-0.1, -0.05) is 35.0 Å². The van der Waals surface area contributed by atoms with Gasteiger partial charge < -0.3 is 9.42 Å². The topological polar surface area (TPSA) is 110 Å². The zero-order valence-corrected chi connectivity index (χ0v) is 18.3. The Morgan fingerprint density at radius 3 is 2.30 bits per heavy atom. The van der Waals surface area contributed by atoms with Crippen molar-refractivity contribution in [1.29, 1.82) is 0 Å². The molecule has 1 aromatic heterocycles. The maximum Gasteiger partial charge on any atom is 0.246 e. The van der Waals surface area contributed by atoms with Gasteiger partial charge >= 0.3 is 0 Å². The molecule has 0 unspecified atom stereocenters. The van der Waals surface area contributed by atoms with Gasteiger partial charge in [-0.3, -0.25) is 9.59 Å². The van der Waals surface area contributed by atoms with E-state index in [9.17, 15) is 18.0 Å². The number of piperidine rings is 1. The van der Waals surface area contributed by atoms with Gasteiger partial charge in [0, 0.05) is 37.5 Å². The molecule has 1 aliphatic heterocycles. The lowest BCUT2D eigenvalue weighted by Gasteiger charge is -2.32. The Bertz CT molecular complexity index is 1000. The summed E-state index contributed by atoms with van der Waals surface area (Å²) in [4.78, 5) is 26.5. The van der Waals surface area contributed by atoms with E-state index in [1.807, 2.05) is 19.1 Å². The lowest BCUT2D eigenvalue weighted by atomic mass is 10.0. The van der Waals surface area contributed by atoms with E-state index in [4.69, 9.17) is 4.52 Å². The number of carbonyl (C=O) groups is 2. The van der Waals surface area contributed by atoms with Crippen LogP contribution in [0.1, 0.15) is 53.1 Å². The van der Waals surface area contributed by atoms with Gasteiger partial charge in [0.15, 0.2) is 11.5 Å². The highest BCUT2D eigenvalue weighted by atomic mass is 32.2. The average Bonchev–Trinajstić information content (AvgIpc) is 3.05. The number of hydrogen-bond acceptors (Lipinski definition) is 6. The summed E-state index contributed by atoms with van der Waals surface area (Å²) in [6, 6.07) is 7.05. The number of hydrogen-bond donors (Lipinski definition) is 1. The minimum Gasteiger partial charge on any atom is -0.360 e. The number of nitrogens with zero attached hydrogens (tertiary/aromatic N) is 2. The van der Waals surface area contributed by atoms with E-state index in [2.05, 4.69) is 9.88 Å². The lowest BCUT2D eigenvalue weighted by molar-refractivity contribution is -0.132. The van der Waals surface area contributed by atoms with Crippen LogP contribution in [-0.2, 0) is 14.8 Å². The highest BCUT2D eigenvalue weighted by Gasteiger charge is 2.30. The Balaban J connectivity index is 1.48. The van der Waals surface area contributed by atoms with E-state index < -0.39 is 10.0 Å². The monoisotopic (exact) mass is 433 g/mol. The number of carbonyl (C=O) groups excluding carboxylic acids is 2. The van der Waals surface area contributed by atoms with Crippen LogP contribution in [-0.4, -0.2) is 49.3 Å². The summed E-state index contributed by atoms with van der Waals surface area (Å²) in [6.45, 7) is 6.01. The number of amides is 1. The summed E-state index contributed by atoms with van der Waals surface area (Å²) in [7, 11) is -3.73. The molecule has 0 radical (unpaired) electrons. The molecule has 1 aliphatic rings. The van der Waals surface area contributed by atoms with Gasteiger partial charge in [0.1, 0.15) is 10.6 Å². The Morgan fingerprint density at radius 1 is 1.10 bits per heavy atom. The summed E-state index contributed by atoms with van der Waals surface area (Å²) in [5.41, 5.74) is 2.02. The first-order chi connectivity index (χ1) is 14.2. The first-order valence-corrected chi connectivity index (χ1v) is 11.5. The number of ketones is 1. The van der Waals surface area contributed by atoms with Crippen LogP contribution in [0, 0.1) is 20.8 Å². The molecular formula is C21H27N3O5S. The fraction of sp³-hybridized carbons (Fsp3) is 0.476. The molecule has 1 saturated heterocycles. The largest absolute Gasteiger partial charge is 0.360 e. The molecule has 8 nitrogen and oxygen atoms in total. The van der Waals surface area contributed by atoms with E-state index >= 15 is 0 Å². The second-order valence-corrected chi connectivity index (χ2v) is 9.37. The number of rotatable bonds is 7. The predicted octanol–water partition coefficient (Wildman–Crippen LogP) is 2.53. The van der Waals surface area contributed by atoms with Crippen LogP contribution >= 0.6 is 0 Å². The quantitative estimate of drug-likeness (QED) is 0.672. The minimum absolute atomic E-state index is 0.0505. The molecule has 0 spiro atoms. The SMILES string of the molecule is Cc1ccc(C(=O)CCC(=O)N2CCC(NS(=O)(=O)c3c(C)noc3C)CC2)cc1. The molecule has 3 rings (SSSR count). The van der Waals surface area contributed by atoms with Crippen molar-refractivity contribution in [3.05, 3.63) is 46.8 Å². The van der Waals surface area contributed by atoms with Gasteiger partial charge in [0.05, 0.1) is 0 Å². The summed E-state index contributed by atoms with van der Waals surface area (Å²) < 4.78 is 32.9. The molecule has 1 amide bonds. The third kappa shape index (κ3) is 5.14. The third-order valence-electron chi connectivity index (χ3n) is 5.35. The fourth-order valence-electron chi connectivity index (χ4n) is 3.65. The van der Waals surface area contributed by atoms with Gasteiger partial charge in [-0.05, 0) is 33.6 Å². The van der Waals surface area contributed by atoms with E-state index in [0.717, 1.165) is 5.56 Å². The Morgan fingerprint density at radius 2 is 1.73 bits per heavy atom. The molecule has 9 heteroatoms. The molecule has 2 aromatic rings. The van der Waals surface area contributed by atoms with Crippen LogP contribution < -0.4 is 4.72 Å². The normalized spacial score (nSPS) is 15.4. The number of sulfonamides is 1. The molecular weight excluding hydrogens is 406 g/mol. The van der Waals surface area contributed by atoms with E-state index in [-0.39, 0.29) is 41.2 Å². The summed E-state index contributed by atoms with van der Waals surface area (Å²) in [5, 5.41) is 3.70. The number of aromatic nitrogens is 1. The van der Waals surface area contributed by atoms with Crippen LogP contribution in [0.5, 0.6) is 0 Å². The van der Waals surface area contributed by atoms with Crippen molar-refractivity contribution in [3.8, 4) is 0 Å². The maximum atomic E-state index is 12.6. The molecule has 1 N–H and O–H groups in total. The number of likely N-dealkylation sites (tertiary alicyclic amines) is 1. The Labute approximate surface area is 176 Å². The average molecular weight is 434 g/mol. The summed E-state index contributed by atoms with van der Waals surface area (Å²) in [6.07, 6.45) is 1.35. The van der Waals surface area contributed by atoms with Gasteiger partial charge in [0.2, 0.25) is 15.9 Å². The van der Waals surface area contributed by atoms with E-state index in [1.165, 1.54) is 0 Å². The first-order valence-electron chi connectivity index (χ1n) is 10.00. The van der Waals surface area contributed by atoms with Crippen molar-refractivity contribution in [3.63, 3.8) is 0 Å². The maximum absolute atomic E-state index is 12.6. The number of aryl methyl sites for hydroxylation is 3. The van der Waals surface area contributed by atoms with Crippen LogP contribution in [0.3, 0.4) is 0 Å². The van der Waals surface area contributed by atoms with Crippen LogP contribution in [0.15, 0.2) is 33.7 Å². The third-order valence-corrected chi connectivity index (χ3v) is 7.11. The molecule has 0 atom stereocenters. The van der Waals surface area contributed by atoms with Crippen molar-refractivity contribution >= 4 is 21.7 Å². The molecule has 0 saturated carbocycles. The van der Waals surface area contributed by atoms with Crippen molar-refractivity contribution in [1.82, 2.24) is 14.8 Å². The van der Waals surface area contributed by atoms with Crippen molar-refractivity contribution < 1.29 is 22.5 Å². The number of Topliss-reactive ketones (excluding diaryl/α,β-unsaturated/α-hetero) is 1. The smallest absolute Gasteiger partial charge is 0.246 e. The van der Waals surface area contributed by atoms with Gasteiger partial charge in [-0.15, -0.1) is 0 Å². The first kappa shape index (κ1) is 22.2. The zero-order chi connectivity index (χ0) is 21.9. The van der Waals surface area contributed by atoms with Crippen LogP contribution in [0.25, 0.3) is 0 Å². The molecule has 0 aliphatic carbocycles. The molecule has 1 fully saturated rings. The molecule has 0 bridgehead atoms. The lowest BCUT2D eigenvalue weighted by Crippen LogP contribution is -2.46. The number of benzene rings is 1. The number of nitrogens with one attached hydrogen (secondary N) is 1. The minimum atomic E-state index is -3.73. The van der Waals surface area contributed by atoms with Crippen LogP contribution in [0.4, 0.5) is 0 Å². The highest BCUT2D eigenvalue weighted by Crippen LogP contribution is 2.21. The summed E-state index contributed by atoms with van der Waals surface area (Å²) in [5.74, 6) is 0.124. The second kappa shape index (κ2) is 9.09. The van der Waals surface area contributed by atoms with Gasteiger partial charge in [0.25, 0.3) is 0 Å². The zero-order valence-electron chi connectivity index (χ0n) is 17.5. The highest BCUT2D eigenvalue weighted by molar-refractivity contribution is 7.89. The van der Waals surface area contributed by atoms with E-state index in [0.29, 0.717) is 37.2 Å². The molecule has 2 heterocycles. The Hall–Kier alpha value is -2.52. The molecule has 30 heavy (non-hydrogen) atoms. The predicted molar refractivity (Wildman–Crippen MR) is 111 cm³/mol. The fourth-order valence-corrected chi connectivity index (χ4v) is 5.28. The van der Waals surface area contributed by atoms with Crippen molar-refractivity contribution in [2.24, 2.45) is 0 Å². The van der Waals surface area contributed by atoms with E-state index in [1.54, 1.807) is 30.9 Å². The van der Waals surface area contributed by atoms with Crippen LogP contribution in [0.2, 0.25) is 0 Å². The van der Waals surface area contributed by atoms with Gasteiger partial charge in [-0.25, -0.2) is 13.1 Å².